The summed E-state index contributed by atoms with van der Waals surface area (Å²) in [7, 11) is 0. The first kappa shape index (κ1) is 9.77. The molecule has 0 aliphatic carbocycles. The maximum atomic E-state index is 5.51. The molecule has 2 heterocycles. The van der Waals surface area contributed by atoms with Crippen LogP contribution >= 0.6 is 24.0 Å². The van der Waals surface area contributed by atoms with Gasteiger partial charge in [0.05, 0.1) is 11.8 Å². The molecule has 0 radical (unpaired) electrons. The van der Waals surface area contributed by atoms with Crippen molar-refractivity contribution in [3.8, 4) is 0 Å². The number of aromatic nitrogens is 2. The van der Waals surface area contributed by atoms with Crippen LogP contribution in [-0.4, -0.2) is 23.2 Å². The van der Waals surface area contributed by atoms with Gasteiger partial charge in [0.15, 0.2) is 5.82 Å². The van der Waals surface area contributed by atoms with Gasteiger partial charge < -0.3 is 9.84 Å². The second-order valence-electron chi connectivity index (χ2n) is 2.54. The Morgan fingerprint density at radius 2 is 2.33 bits per heavy atom. The lowest BCUT2D eigenvalue weighted by molar-refractivity contribution is 0.306. The molecule has 4 nitrogen and oxygen atoms in total. The van der Waals surface area contributed by atoms with Crippen molar-refractivity contribution in [1.29, 1.82) is 0 Å². The molecule has 6 heteroatoms. The van der Waals surface area contributed by atoms with Gasteiger partial charge in [0, 0.05) is 13.1 Å². The van der Waals surface area contributed by atoms with Crippen LogP contribution in [0.1, 0.15) is 17.6 Å². The zero-order valence-electron chi connectivity index (χ0n) is 6.29. The van der Waals surface area contributed by atoms with Gasteiger partial charge >= 0.3 is 0 Å². The minimum absolute atomic E-state index is 0. The highest BCUT2D eigenvalue weighted by Crippen LogP contribution is 2.17. The van der Waals surface area contributed by atoms with Crippen LogP contribution in [0.4, 0.5) is 0 Å². The highest BCUT2D eigenvalue weighted by molar-refractivity contribution is 6.16. The van der Waals surface area contributed by atoms with Crippen LogP contribution in [0.15, 0.2) is 4.52 Å². The van der Waals surface area contributed by atoms with Gasteiger partial charge in [0.2, 0.25) is 5.89 Å². The molecule has 0 spiro atoms. The number of hydrogen-bond acceptors (Lipinski definition) is 4. The summed E-state index contributed by atoms with van der Waals surface area (Å²) in [6, 6.07) is 0. The van der Waals surface area contributed by atoms with Gasteiger partial charge in [-0.3, -0.25) is 0 Å². The number of nitrogens with zero attached hydrogens (tertiary/aromatic N) is 2. The van der Waals surface area contributed by atoms with E-state index in [1.165, 1.54) is 0 Å². The van der Waals surface area contributed by atoms with E-state index in [4.69, 9.17) is 16.1 Å². The third-order valence-corrected chi connectivity index (χ3v) is 1.97. The second kappa shape index (κ2) is 4.07. The predicted octanol–water partition coefficient (Wildman–Crippen LogP) is 0.917. The predicted molar refractivity (Wildman–Crippen MR) is 46.7 cm³/mol. The lowest BCUT2D eigenvalue weighted by Crippen LogP contribution is -2.40. The van der Waals surface area contributed by atoms with Crippen molar-refractivity contribution < 1.29 is 4.52 Å². The van der Waals surface area contributed by atoms with Crippen molar-refractivity contribution in [2.45, 2.75) is 11.8 Å². The smallest absolute Gasteiger partial charge is 0.232 e. The fraction of sp³-hybridized carbons (Fsp3) is 0.667. The molecular weight excluding hydrogens is 201 g/mol. The maximum Gasteiger partial charge on any atom is 0.232 e. The van der Waals surface area contributed by atoms with E-state index in [9.17, 15) is 0 Å². The number of halogens is 2. The molecule has 1 aromatic rings. The number of hydrogen-bond donors (Lipinski definition) is 1. The largest absolute Gasteiger partial charge is 0.339 e. The molecule has 1 saturated heterocycles. The van der Waals surface area contributed by atoms with Crippen LogP contribution < -0.4 is 5.32 Å². The molecular formula is C6H9Cl2N3O. The van der Waals surface area contributed by atoms with Crippen LogP contribution in [0.5, 0.6) is 0 Å². The van der Waals surface area contributed by atoms with Crippen molar-refractivity contribution in [3.63, 3.8) is 0 Å². The topological polar surface area (TPSA) is 51.0 Å². The summed E-state index contributed by atoms with van der Waals surface area (Å²) < 4.78 is 4.97. The van der Waals surface area contributed by atoms with Crippen LogP contribution in [0.3, 0.4) is 0 Å². The Morgan fingerprint density at radius 3 is 2.75 bits per heavy atom. The van der Waals surface area contributed by atoms with E-state index in [0.29, 0.717) is 23.5 Å². The third-order valence-electron chi connectivity index (χ3n) is 1.73. The summed E-state index contributed by atoms with van der Waals surface area (Å²) in [5.74, 6) is 2.01. The van der Waals surface area contributed by atoms with Gasteiger partial charge in [-0.05, 0) is 0 Å². The van der Waals surface area contributed by atoms with Gasteiger partial charge in [-0.25, -0.2) is 0 Å². The van der Waals surface area contributed by atoms with Crippen LogP contribution in [0.25, 0.3) is 0 Å². The van der Waals surface area contributed by atoms with Crippen LogP contribution in [-0.2, 0) is 5.88 Å². The number of rotatable bonds is 2. The normalized spacial score (nSPS) is 16.8. The van der Waals surface area contributed by atoms with Gasteiger partial charge in [0.25, 0.3) is 0 Å². The fourth-order valence-electron chi connectivity index (χ4n) is 0.951. The molecule has 68 valence electrons. The molecule has 0 saturated carbocycles. The van der Waals surface area contributed by atoms with E-state index >= 15 is 0 Å². The highest BCUT2D eigenvalue weighted by Gasteiger charge is 2.24. The van der Waals surface area contributed by atoms with Crippen molar-refractivity contribution in [3.05, 3.63) is 11.7 Å². The number of nitrogens with one attached hydrogen (secondary N) is 1. The Hall–Kier alpha value is -0.320. The van der Waals surface area contributed by atoms with E-state index in [2.05, 4.69) is 15.5 Å². The van der Waals surface area contributed by atoms with E-state index < -0.39 is 0 Å². The van der Waals surface area contributed by atoms with E-state index in [1.807, 2.05) is 0 Å². The van der Waals surface area contributed by atoms with Crippen molar-refractivity contribution >= 4 is 24.0 Å². The lowest BCUT2D eigenvalue weighted by atomic mass is 10.0. The highest BCUT2D eigenvalue weighted by atomic mass is 35.5. The molecule has 12 heavy (non-hydrogen) atoms. The van der Waals surface area contributed by atoms with Gasteiger partial charge in [-0.15, -0.1) is 24.0 Å². The zero-order chi connectivity index (χ0) is 7.68. The molecule has 0 aromatic carbocycles. The Labute approximate surface area is 81.1 Å². The first-order chi connectivity index (χ1) is 5.40. The Kier molecular flexibility index (Phi) is 3.31. The average molecular weight is 210 g/mol. The van der Waals surface area contributed by atoms with Crippen LogP contribution in [0.2, 0.25) is 0 Å². The summed E-state index contributed by atoms with van der Waals surface area (Å²) in [5.41, 5.74) is 0. The third kappa shape index (κ3) is 1.71. The summed E-state index contributed by atoms with van der Waals surface area (Å²) in [5, 5.41) is 6.82. The summed E-state index contributed by atoms with van der Waals surface area (Å²) in [6.45, 7) is 1.87. The van der Waals surface area contributed by atoms with E-state index in [-0.39, 0.29) is 12.4 Å². The van der Waals surface area contributed by atoms with Gasteiger partial charge in [-0.1, -0.05) is 5.16 Å². The molecule has 2 rings (SSSR count). The first-order valence-electron chi connectivity index (χ1n) is 3.49. The quantitative estimate of drug-likeness (QED) is 0.737. The molecule has 1 aliphatic rings. The zero-order valence-corrected chi connectivity index (χ0v) is 7.86. The molecule has 0 atom stereocenters. The van der Waals surface area contributed by atoms with Gasteiger partial charge in [-0.2, -0.15) is 4.98 Å². The molecule has 1 fully saturated rings. The van der Waals surface area contributed by atoms with Crippen molar-refractivity contribution in [1.82, 2.24) is 15.5 Å². The molecule has 0 bridgehead atoms. The first-order valence-corrected chi connectivity index (χ1v) is 4.03. The number of alkyl halides is 1. The summed E-state index contributed by atoms with van der Waals surface area (Å²) in [4.78, 5) is 4.10. The van der Waals surface area contributed by atoms with Crippen molar-refractivity contribution in [2.24, 2.45) is 0 Å². The molecule has 1 N–H and O–H groups in total. The average Bonchev–Trinajstić information content (AvgIpc) is 2.32. The van der Waals surface area contributed by atoms with Crippen molar-refractivity contribution in [2.75, 3.05) is 13.1 Å². The Morgan fingerprint density at radius 1 is 1.58 bits per heavy atom. The van der Waals surface area contributed by atoms with E-state index in [0.717, 1.165) is 13.1 Å². The molecule has 0 unspecified atom stereocenters. The van der Waals surface area contributed by atoms with E-state index in [1.54, 1.807) is 0 Å². The monoisotopic (exact) mass is 209 g/mol. The summed E-state index contributed by atoms with van der Waals surface area (Å²) >= 11 is 5.51. The SMILES string of the molecule is Cl.ClCc1noc(C2CNC2)n1. The lowest BCUT2D eigenvalue weighted by Gasteiger charge is -2.22. The Balaban J connectivity index is 0.000000720. The standard InChI is InChI=1S/C6H8ClN3O.ClH/c7-1-5-9-6(11-10-5)4-2-8-3-4;/h4,8H,1-3H2;1H. The minimum Gasteiger partial charge on any atom is -0.339 e. The minimum atomic E-state index is 0. The molecule has 1 aliphatic heterocycles. The maximum absolute atomic E-state index is 5.51. The molecule has 1 aromatic heterocycles. The second-order valence-corrected chi connectivity index (χ2v) is 2.80. The van der Waals surface area contributed by atoms with Gasteiger partial charge in [0.1, 0.15) is 0 Å². The summed E-state index contributed by atoms with van der Waals surface area (Å²) in [6.07, 6.45) is 0. The fourth-order valence-corrected chi connectivity index (χ4v) is 1.06. The molecule has 0 amide bonds. The Bertz CT molecular complexity index is 249. The van der Waals surface area contributed by atoms with Crippen LogP contribution in [0, 0.1) is 0 Å².